The van der Waals surface area contributed by atoms with Gasteiger partial charge in [-0.3, -0.25) is 0 Å². The minimum absolute atomic E-state index is 0.737. The van der Waals surface area contributed by atoms with Crippen LogP contribution in [-0.2, 0) is 0 Å². The fraction of sp³-hybridized carbons (Fsp3) is 0.200. The molecular formula is C15H14O3. The highest BCUT2D eigenvalue weighted by Crippen LogP contribution is 2.41. The van der Waals surface area contributed by atoms with Gasteiger partial charge >= 0.3 is 0 Å². The Kier molecular flexibility index (Phi) is 2.40. The normalized spacial score (nSPS) is 11.1. The molecule has 92 valence electrons. The van der Waals surface area contributed by atoms with Gasteiger partial charge in [-0.15, -0.1) is 0 Å². The molecule has 0 spiro atoms. The lowest BCUT2D eigenvalue weighted by atomic mass is 10.1. The monoisotopic (exact) mass is 242 g/mol. The molecule has 0 fully saturated rings. The van der Waals surface area contributed by atoms with Crippen molar-refractivity contribution in [2.24, 2.45) is 0 Å². The molecule has 0 saturated heterocycles. The molecule has 1 heterocycles. The number of methoxy groups -OCH3 is 2. The Bertz CT molecular complexity index is 725. The molecule has 3 heteroatoms. The molecule has 0 N–H and O–H groups in total. The van der Waals surface area contributed by atoms with Gasteiger partial charge in [0.1, 0.15) is 11.3 Å². The first-order valence-corrected chi connectivity index (χ1v) is 5.79. The maximum Gasteiger partial charge on any atom is 0.177 e. The van der Waals surface area contributed by atoms with Gasteiger partial charge in [-0.1, -0.05) is 18.2 Å². The summed E-state index contributed by atoms with van der Waals surface area (Å²) in [6.07, 6.45) is 0. The Labute approximate surface area is 105 Å². The van der Waals surface area contributed by atoms with Crippen molar-refractivity contribution < 1.29 is 13.9 Å². The van der Waals surface area contributed by atoms with Crippen molar-refractivity contribution in [3.8, 4) is 11.5 Å². The summed E-state index contributed by atoms with van der Waals surface area (Å²) in [5.74, 6) is 1.55. The van der Waals surface area contributed by atoms with Crippen molar-refractivity contribution in [3.63, 3.8) is 0 Å². The highest BCUT2D eigenvalue weighted by Gasteiger charge is 2.17. The quantitative estimate of drug-likeness (QED) is 0.682. The predicted octanol–water partition coefficient (Wildman–Crippen LogP) is 3.91. The van der Waals surface area contributed by atoms with E-state index in [0.29, 0.717) is 0 Å². The van der Waals surface area contributed by atoms with Crippen LogP contribution in [0.1, 0.15) is 5.56 Å². The Balaban J connectivity index is 2.52. The average Bonchev–Trinajstić information content (AvgIpc) is 2.76. The summed E-state index contributed by atoms with van der Waals surface area (Å²) < 4.78 is 16.7. The number of ether oxygens (including phenoxy) is 2. The third kappa shape index (κ3) is 1.37. The van der Waals surface area contributed by atoms with Crippen LogP contribution in [-0.4, -0.2) is 14.2 Å². The zero-order valence-corrected chi connectivity index (χ0v) is 10.6. The number of furan rings is 1. The van der Waals surface area contributed by atoms with E-state index in [1.165, 1.54) is 0 Å². The summed E-state index contributed by atoms with van der Waals surface area (Å²) >= 11 is 0. The Morgan fingerprint density at radius 3 is 2.50 bits per heavy atom. The van der Waals surface area contributed by atoms with Crippen molar-refractivity contribution >= 4 is 21.9 Å². The second-order valence-corrected chi connectivity index (χ2v) is 4.21. The minimum atomic E-state index is 0.737. The molecule has 0 aliphatic rings. The van der Waals surface area contributed by atoms with Crippen LogP contribution in [0, 0.1) is 6.92 Å². The zero-order chi connectivity index (χ0) is 12.7. The van der Waals surface area contributed by atoms with Crippen LogP contribution in [0.4, 0.5) is 0 Å². The van der Waals surface area contributed by atoms with Gasteiger partial charge in [0, 0.05) is 16.3 Å². The predicted molar refractivity (Wildman–Crippen MR) is 71.6 cm³/mol. The van der Waals surface area contributed by atoms with Gasteiger partial charge in [-0.2, -0.15) is 0 Å². The first-order valence-electron chi connectivity index (χ1n) is 5.79. The molecule has 2 aromatic carbocycles. The van der Waals surface area contributed by atoms with Crippen molar-refractivity contribution in [2.45, 2.75) is 6.92 Å². The van der Waals surface area contributed by atoms with E-state index in [9.17, 15) is 0 Å². The van der Waals surface area contributed by atoms with Crippen LogP contribution in [0.2, 0.25) is 0 Å². The molecule has 0 aliphatic heterocycles. The van der Waals surface area contributed by atoms with Crippen LogP contribution in [0.5, 0.6) is 11.5 Å². The molecule has 0 unspecified atom stereocenters. The van der Waals surface area contributed by atoms with E-state index in [-0.39, 0.29) is 0 Å². The van der Waals surface area contributed by atoms with Gasteiger partial charge in [-0.25, -0.2) is 0 Å². The summed E-state index contributed by atoms with van der Waals surface area (Å²) in [6, 6.07) is 9.95. The molecule has 3 aromatic rings. The van der Waals surface area contributed by atoms with Gasteiger partial charge in [-0.05, 0) is 19.1 Å². The maximum absolute atomic E-state index is 5.87. The molecule has 0 atom stereocenters. The summed E-state index contributed by atoms with van der Waals surface area (Å²) in [7, 11) is 3.31. The number of fused-ring (bicyclic) bond motifs is 3. The van der Waals surface area contributed by atoms with E-state index in [4.69, 9.17) is 13.9 Å². The van der Waals surface area contributed by atoms with Gasteiger partial charge in [0.25, 0.3) is 0 Å². The van der Waals surface area contributed by atoms with Gasteiger partial charge in [0.15, 0.2) is 11.3 Å². The van der Waals surface area contributed by atoms with Crippen LogP contribution in [0.25, 0.3) is 21.9 Å². The van der Waals surface area contributed by atoms with Crippen molar-refractivity contribution in [1.82, 2.24) is 0 Å². The molecule has 0 saturated carbocycles. The lowest BCUT2D eigenvalue weighted by molar-refractivity contribution is 0.388. The molecule has 0 amide bonds. The van der Waals surface area contributed by atoms with E-state index in [0.717, 1.165) is 39.0 Å². The number of rotatable bonds is 2. The number of hydrogen-bond donors (Lipinski definition) is 0. The Morgan fingerprint density at radius 2 is 1.78 bits per heavy atom. The summed E-state index contributed by atoms with van der Waals surface area (Å²) in [5.41, 5.74) is 2.59. The Hall–Kier alpha value is -2.16. The molecule has 3 rings (SSSR count). The van der Waals surface area contributed by atoms with E-state index in [1.54, 1.807) is 14.2 Å². The number of benzene rings is 2. The fourth-order valence-electron chi connectivity index (χ4n) is 2.36. The van der Waals surface area contributed by atoms with Crippen LogP contribution < -0.4 is 9.47 Å². The first kappa shape index (κ1) is 11.0. The summed E-state index contributed by atoms with van der Waals surface area (Å²) in [5, 5.41) is 2.09. The third-order valence-electron chi connectivity index (χ3n) is 3.25. The first-order chi connectivity index (χ1) is 8.76. The van der Waals surface area contributed by atoms with E-state index in [2.05, 4.69) is 0 Å². The van der Waals surface area contributed by atoms with Crippen molar-refractivity contribution in [1.29, 1.82) is 0 Å². The van der Waals surface area contributed by atoms with Gasteiger partial charge in [0.05, 0.1) is 14.2 Å². The van der Waals surface area contributed by atoms with Crippen molar-refractivity contribution in [3.05, 3.63) is 35.9 Å². The van der Waals surface area contributed by atoms with E-state index < -0.39 is 0 Å². The number of para-hydroxylation sites is 1. The minimum Gasteiger partial charge on any atom is -0.496 e. The second kappa shape index (κ2) is 3.95. The molecule has 18 heavy (non-hydrogen) atoms. The van der Waals surface area contributed by atoms with Gasteiger partial charge < -0.3 is 13.9 Å². The SMILES string of the molecule is COc1cc2c(oc3ccccc32)c(OC)c1C. The summed E-state index contributed by atoms with van der Waals surface area (Å²) in [6.45, 7) is 1.96. The number of hydrogen-bond acceptors (Lipinski definition) is 3. The van der Waals surface area contributed by atoms with E-state index >= 15 is 0 Å². The molecular weight excluding hydrogens is 228 g/mol. The second-order valence-electron chi connectivity index (χ2n) is 4.21. The standard InChI is InChI=1S/C15H14O3/c1-9-13(16-2)8-11-10-6-4-5-7-12(10)18-15(11)14(9)17-3/h4-8H,1-3H3. The highest BCUT2D eigenvalue weighted by molar-refractivity contribution is 6.07. The molecule has 3 nitrogen and oxygen atoms in total. The van der Waals surface area contributed by atoms with Crippen LogP contribution in [0.3, 0.4) is 0 Å². The molecule has 0 aliphatic carbocycles. The van der Waals surface area contributed by atoms with Crippen LogP contribution in [0.15, 0.2) is 34.7 Å². The van der Waals surface area contributed by atoms with Gasteiger partial charge in [0.2, 0.25) is 0 Å². The highest BCUT2D eigenvalue weighted by atomic mass is 16.5. The van der Waals surface area contributed by atoms with Crippen molar-refractivity contribution in [2.75, 3.05) is 14.2 Å². The lowest BCUT2D eigenvalue weighted by Gasteiger charge is -2.09. The Morgan fingerprint density at radius 1 is 1.00 bits per heavy atom. The third-order valence-corrected chi connectivity index (χ3v) is 3.25. The topological polar surface area (TPSA) is 31.6 Å². The van der Waals surface area contributed by atoms with E-state index in [1.807, 2.05) is 37.3 Å². The molecule has 0 bridgehead atoms. The maximum atomic E-state index is 5.87. The molecule has 0 radical (unpaired) electrons. The fourth-order valence-corrected chi connectivity index (χ4v) is 2.36. The lowest BCUT2D eigenvalue weighted by Crippen LogP contribution is -1.92. The van der Waals surface area contributed by atoms with Crippen LogP contribution >= 0.6 is 0 Å². The summed E-state index contributed by atoms with van der Waals surface area (Å²) in [4.78, 5) is 0. The largest absolute Gasteiger partial charge is 0.496 e. The zero-order valence-electron chi connectivity index (χ0n) is 10.6. The molecule has 1 aromatic heterocycles. The smallest absolute Gasteiger partial charge is 0.177 e. The average molecular weight is 242 g/mol.